The van der Waals surface area contributed by atoms with Crippen molar-refractivity contribution in [2.75, 3.05) is 7.11 Å². The van der Waals surface area contributed by atoms with Crippen LogP contribution in [0.3, 0.4) is 0 Å². The molecule has 0 saturated heterocycles. The molecule has 4 heteroatoms. The second-order valence-corrected chi connectivity index (χ2v) is 3.48. The summed E-state index contributed by atoms with van der Waals surface area (Å²) in [6.07, 6.45) is 1.55. The zero-order valence-electron chi connectivity index (χ0n) is 9.27. The van der Waals surface area contributed by atoms with Crippen LogP contribution in [-0.2, 0) is 4.74 Å². The zero-order valence-corrected chi connectivity index (χ0v) is 9.27. The first kappa shape index (κ1) is 11.1. The van der Waals surface area contributed by atoms with Gasteiger partial charge < -0.3 is 9.72 Å². The molecule has 0 atom stereocenters. The minimum atomic E-state index is -0.416. The van der Waals surface area contributed by atoms with Crippen LogP contribution in [0.5, 0.6) is 0 Å². The Kier molecular flexibility index (Phi) is 3.05. The number of hydrogen-bond donors (Lipinski definition) is 1. The summed E-state index contributed by atoms with van der Waals surface area (Å²) in [4.78, 5) is 25.4. The quantitative estimate of drug-likeness (QED) is 0.799. The van der Waals surface area contributed by atoms with Gasteiger partial charge in [-0.2, -0.15) is 0 Å². The lowest BCUT2D eigenvalue weighted by Gasteiger charge is -2.07. The predicted octanol–water partition coefficient (Wildman–Crippen LogP) is 1.83. The van der Waals surface area contributed by atoms with Gasteiger partial charge in [0.25, 0.3) is 0 Å². The van der Waals surface area contributed by atoms with Gasteiger partial charge in [-0.1, -0.05) is 18.2 Å². The van der Waals surface area contributed by atoms with Crippen molar-refractivity contribution in [1.29, 1.82) is 0 Å². The van der Waals surface area contributed by atoms with E-state index in [2.05, 4.69) is 4.98 Å². The van der Waals surface area contributed by atoms with Crippen LogP contribution in [0, 0.1) is 0 Å². The first-order chi connectivity index (χ1) is 8.22. The standard InChI is InChI=1S/C13H11NO3/c1-17-13(16)11-5-3-2-4-10(11)9-6-7-14-12(15)8-9/h2-8H,1H3,(H,14,15). The Morgan fingerprint density at radius 1 is 1.24 bits per heavy atom. The second-order valence-electron chi connectivity index (χ2n) is 3.48. The molecule has 0 saturated carbocycles. The molecule has 0 bridgehead atoms. The van der Waals surface area contributed by atoms with Gasteiger partial charge in [-0.05, 0) is 23.3 Å². The van der Waals surface area contributed by atoms with Crippen molar-refractivity contribution in [2.45, 2.75) is 0 Å². The highest BCUT2D eigenvalue weighted by molar-refractivity contribution is 5.97. The van der Waals surface area contributed by atoms with Crippen molar-refractivity contribution >= 4 is 5.97 Å². The van der Waals surface area contributed by atoms with Crippen LogP contribution >= 0.6 is 0 Å². The maximum Gasteiger partial charge on any atom is 0.338 e. The van der Waals surface area contributed by atoms with Gasteiger partial charge in [0.2, 0.25) is 5.56 Å². The molecule has 86 valence electrons. The Balaban J connectivity index is 2.59. The summed E-state index contributed by atoms with van der Waals surface area (Å²) in [6.45, 7) is 0. The van der Waals surface area contributed by atoms with Crippen molar-refractivity contribution in [3.63, 3.8) is 0 Å². The number of pyridine rings is 1. The summed E-state index contributed by atoms with van der Waals surface area (Å²) < 4.78 is 4.70. The van der Waals surface area contributed by atoms with Crippen molar-refractivity contribution in [2.24, 2.45) is 0 Å². The molecule has 2 rings (SSSR count). The first-order valence-corrected chi connectivity index (χ1v) is 5.09. The van der Waals surface area contributed by atoms with Crippen molar-refractivity contribution in [3.8, 4) is 11.1 Å². The van der Waals surface area contributed by atoms with Crippen LogP contribution in [-0.4, -0.2) is 18.1 Å². The zero-order chi connectivity index (χ0) is 12.3. The van der Waals surface area contributed by atoms with E-state index in [-0.39, 0.29) is 5.56 Å². The molecule has 0 unspecified atom stereocenters. The Morgan fingerprint density at radius 2 is 2.00 bits per heavy atom. The van der Waals surface area contributed by atoms with E-state index in [1.54, 1.807) is 30.5 Å². The number of nitrogens with one attached hydrogen (secondary N) is 1. The van der Waals surface area contributed by atoms with Gasteiger partial charge in [0.1, 0.15) is 0 Å². The van der Waals surface area contributed by atoms with Crippen LogP contribution in [0.1, 0.15) is 10.4 Å². The molecule has 0 aliphatic heterocycles. The highest BCUT2D eigenvalue weighted by Crippen LogP contribution is 2.22. The van der Waals surface area contributed by atoms with Gasteiger partial charge >= 0.3 is 5.97 Å². The number of H-pyrrole nitrogens is 1. The number of benzene rings is 1. The summed E-state index contributed by atoms with van der Waals surface area (Å²) in [5, 5.41) is 0. The van der Waals surface area contributed by atoms with Gasteiger partial charge in [0, 0.05) is 12.3 Å². The maximum absolute atomic E-state index is 11.6. The summed E-state index contributed by atoms with van der Waals surface area (Å²) in [7, 11) is 1.33. The molecular formula is C13H11NO3. The topological polar surface area (TPSA) is 59.2 Å². The van der Waals surface area contributed by atoms with Gasteiger partial charge in [0.05, 0.1) is 12.7 Å². The number of esters is 1. The number of aromatic nitrogens is 1. The van der Waals surface area contributed by atoms with Gasteiger partial charge in [-0.25, -0.2) is 4.79 Å². The van der Waals surface area contributed by atoms with E-state index < -0.39 is 5.97 Å². The first-order valence-electron chi connectivity index (χ1n) is 5.09. The summed E-state index contributed by atoms with van der Waals surface area (Å²) >= 11 is 0. The molecule has 1 heterocycles. The molecule has 0 radical (unpaired) electrons. The Labute approximate surface area is 97.9 Å². The number of ether oxygens (including phenoxy) is 1. The molecule has 1 N–H and O–H groups in total. The number of hydrogen-bond acceptors (Lipinski definition) is 3. The molecule has 0 aliphatic carbocycles. The van der Waals surface area contributed by atoms with Crippen LogP contribution in [0.15, 0.2) is 47.4 Å². The minimum absolute atomic E-state index is 0.206. The number of methoxy groups -OCH3 is 1. The fourth-order valence-electron chi connectivity index (χ4n) is 1.63. The van der Waals surface area contributed by atoms with Gasteiger partial charge in [-0.15, -0.1) is 0 Å². The van der Waals surface area contributed by atoms with Crippen LogP contribution in [0.25, 0.3) is 11.1 Å². The van der Waals surface area contributed by atoms with Crippen molar-refractivity contribution in [1.82, 2.24) is 4.98 Å². The summed E-state index contributed by atoms with van der Waals surface area (Å²) in [6, 6.07) is 10.2. The van der Waals surface area contributed by atoms with E-state index in [1.807, 2.05) is 6.07 Å². The fourth-order valence-corrected chi connectivity index (χ4v) is 1.63. The molecule has 0 aliphatic rings. The summed E-state index contributed by atoms with van der Waals surface area (Å²) in [5.74, 6) is -0.416. The third kappa shape index (κ3) is 2.25. The van der Waals surface area contributed by atoms with E-state index >= 15 is 0 Å². The predicted molar refractivity (Wildman–Crippen MR) is 63.8 cm³/mol. The second kappa shape index (κ2) is 4.65. The molecule has 4 nitrogen and oxygen atoms in total. The van der Waals surface area contributed by atoms with Crippen LogP contribution < -0.4 is 5.56 Å². The summed E-state index contributed by atoms with van der Waals surface area (Å²) in [5.41, 5.74) is 1.61. The molecule has 2 aromatic rings. The largest absolute Gasteiger partial charge is 0.465 e. The Bertz CT molecular complexity index is 601. The van der Waals surface area contributed by atoms with Crippen LogP contribution in [0.2, 0.25) is 0 Å². The third-order valence-corrected chi connectivity index (χ3v) is 2.42. The van der Waals surface area contributed by atoms with E-state index in [0.717, 1.165) is 0 Å². The van der Waals surface area contributed by atoms with Crippen LogP contribution in [0.4, 0.5) is 0 Å². The SMILES string of the molecule is COC(=O)c1ccccc1-c1cc[nH]c(=O)c1. The maximum atomic E-state index is 11.6. The number of carbonyl (C=O) groups excluding carboxylic acids is 1. The number of aromatic amines is 1. The molecule has 1 aromatic carbocycles. The lowest BCUT2D eigenvalue weighted by molar-refractivity contribution is 0.0601. The highest BCUT2D eigenvalue weighted by Gasteiger charge is 2.12. The highest BCUT2D eigenvalue weighted by atomic mass is 16.5. The molecule has 0 amide bonds. The number of rotatable bonds is 2. The molecule has 0 spiro atoms. The lowest BCUT2D eigenvalue weighted by atomic mass is 10.0. The Hall–Kier alpha value is -2.36. The molecular weight excluding hydrogens is 218 g/mol. The smallest absolute Gasteiger partial charge is 0.338 e. The third-order valence-electron chi connectivity index (χ3n) is 2.42. The van der Waals surface area contributed by atoms with Gasteiger partial charge in [-0.3, -0.25) is 4.79 Å². The fraction of sp³-hybridized carbons (Fsp3) is 0.0769. The lowest BCUT2D eigenvalue weighted by Crippen LogP contribution is -2.06. The van der Waals surface area contributed by atoms with Gasteiger partial charge in [0.15, 0.2) is 0 Å². The van der Waals surface area contributed by atoms with E-state index in [4.69, 9.17) is 4.74 Å². The normalized spacial score (nSPS) is 9.94. The van der Waals surface area contributed by atoms with E-state index in [0.29, 0.717) is 16.7 Å². The molecule has 1 aromatic heterocycles. The van der Waals surface area contributed by atoms with Crippen molar-refractivity contribution in [3.05, 3.63) is 58.5 Å². The molecule has 17 heavy (non-hydrogen) atoms. The average Bonchev–Trinajstić information content (AvgIpc) is 2.38. The minimum Gasteiger partial charge on any atom is -0.465 e. The van der Waals surface area contributed by atoms with E-state index in [1.165, 1.54) is 13.2 Å². The Morgan fingerprint density at radius 3 is 2.71 bits per heavy atom. The van der Waals surface area contributed by atoms with Crippen molar-refractivity contribution < 1.29 is 9.53 Å². The monoisotopic (exact) mass is 229 g/mol. The number of carbonyl (C=O) groups is 1. The van der Waals surface area contributed by atoms with E-state index in [9.17, 15) is 9.59 Å². The average molecular weight is 229 g/mol. The molecule has 0 fully saturated rings.